The molecule has 2 fully saturated rings. The summed E-state index contributed by atoms with van der Waals surface area (Å²) in [5.74, 6) is 0. The summed E-state index contributed by atoms with van der Waals surface area (Å²) in [6.45, 7) is 22.0. The minimum absolute atomic E-state index is 0.312. The van der Waals surface area contributed by atoms with E-state index in [9.17, 15) is 0 Å². The topological polar surface area (TPSA) is 36.9 Å². The van der Waals surface area contributed by atoms with Gasteiger partial charge in [0.05, 0.1) is 31.8 Å². The Labute approximate surface area is 312 Å². The summed E-state index contributed by atoms with van der Waals surface area (Å²) in [6.07, 6.45) is 23.5. The van der Waals surface area contributed by atoms with Gasteiger partial charge in [0.15, 0.2) is 0 Å². The standard InChI is InChI=1S/C40H66B2O4S3/c1-11-13-15-17-19-21-23-25-27-29-31-33(48-35(29)41-43-37(3,4)38(5,6)44-41)34-32(47-31)30(28-26-24-22-20-18-16-14-12-2)36(49-34)42-45-39(7,8)40(9,10)46-42/h11-28H2,1-10H3. The molecule has 0 radical (unpaired) electrons. The van der Waals surface area contributed by atoms with Gasteiger partial charge in [-0.1, -0.05) is 104 Å². The van der Waals surface area contributed by atoms with Gasteiger partial charge in [-0.15, -0.1) is 34.0 Å². The van der Waals surface area contributed by atoms with Crippen LogP contribution >= 0.6 is 34.0 Å². The Morgan fingerprint density at radius 2 is 0.673 bits per heavy atom. The molecule has 49 heavy (non-hydrogen) atoms. The van der Waals surface area contributed by atoms with Gasteiger partial charge in [0, 0.05) is 19.0 Å². The van der Waals surface area contributed by atoms with Gasteiger partial charge < -0.3 is 18.6 Å². The molecule has 0 amide bonds. The van der Waals surface area contributed by atoms with Gasteiger partial charge in [0.25, 0.3) is 0 Å². The molecule has 0 aliphatic carbocycles. The number of thiophene rings is 3. The Kier molecular flexibility index (Phi) is 13.6. The van der Waals surface area contributed by atoms with E-state index in [2.05, 4.69) is 69.2 Å². The molecule has 4 nitrogen and oxygen atoms in total. The third-order valence-corrected chi connectivity index (χ3v) is 16.1. The van der Waals surface area contributed by atoms with Gasteiger partial charge in [-0.05, 0) is 92.2 Å². The molecule has 9 heteroatoms. The number of fused-ring (bicyclic) bond motifs is 3. The van der Waals surface area contributed by atoms with E-state index in [4.69, 9.17) is 18.6 Å². The first-order valence-electron chi connectivity index (χ1n) is 19.9. The monoisotopic (exact) mass is 728 g/mol. The van der Waals surface area contributed by atoms with E-state index in [1.807, 2.05) is 34.0 Å². The van der Waals surface area contributed by atoms with Crippen molar-refractivity contribution in [3.8, 4) is 0 Å². The van der Waals surface area contributed by atoms with Crippen LogP contribution in [0.15, 0.2) is 0 Å². The van der Waals surface area contributed by atoms with Crippen molar-refractivity contribution in [3.05, 3.63) is 11.1 Å². The Balaban J connectivity index is 1.44. The second kappa shape index (κ2) is 16.7. The fourth-order valence-electron chi connectivity index (χ4n) is 7.18. The van der Waals surface area contributed by atoms with Crippen LogP contribution in [0.5, 0.6) is 0 Å². The highest BCUT2D eigenvalue weighted by Crippen LogP contribution is 2.47. The lowest BCUT2D eigenvalue weighted by atomic mass is 9.83. The molecule has 5 rings (SSSR count). The number of unbranched alkanes of at least 4 members (excludes halogenated alkanes) is 14. The van der Waals surface area contributed by atoms with Gasteiger partial charge >= 0.3 is 14.2 Å². The molecule has 0 atom stereocenters. The van der Waals surface area contributed by atoms with Crippen LogP contribution in [0, 0.1) is 0 Å². The largest absolute Gasteiger partial charge is 0.505 e. The molecule has 0 N–H and O–H groups in total. The molecule has 3 aromatic rings. The summed E-state index contributed by atoms with van der Waals surface area (Å²) < 4.78 is 35.2. The van der Waals surface area contributed by atoms with Crippen molar-refractivity contribution in [2.24, 2.45) is 0 Å². The Morgan fingerprint density at radius 1 is 0.388 bits per heavy atom. The van der Waals surface area contributed by atoms with E-state index in [0.717, 1.165) is 12.8 Å². The summed E-state index contributed by atoms with van der Waals surface area (Å²) in [4.78, 5) is 0. The van der Waals surface area contributed by atoms with Crippen LogP contribution in [0.4, 0.5) is 0 Å². The van der Waals surface area contributed by atoms with Crippen molar-refractivity contribution in [3.63, 3.8) is 0 Å². The van der Waals surface area contributed by atoms with E-state index < -0.39 is 0 Å². The van der Waals surface area contributed by atoms with Crippen LogP contribution in [0.1, 0.15) is 183 Å². The number of rotatable bonds is 20. The van der Waals surface area contributed by atoms with Gasteiger partial charge in [-0.2, -0.15) is 0 Å². The zero-order chi connectivity index (χ0) is 35.5. The molecule has 0 unspecified atom stereocenters. The van der Waals surface area contributed by atoms with Crippen LogP contribution in [0.2, 0.25) is 0 Å². The first kappa shape index (κ1) is 39.8. The van der Waals surface area contributed by atoms with E-state index in [-0.39, 0.29) is 36.6 Å². The molecule has 0 spiro atoms. The van der Waals surface area contributed by atoms with E-state index in [0.29, 0.717) is 0 Å². The molecule has 3 aromatic heterocycles. The maximum absolute atomic E-state index is 6.70. The maximum Gasteiger partial charge on any atom is 0.505 e. The van der Waals surface area contributed by atoms with E-state index >= 15 is 0 Å². The predicted molar refractivity (Wildman–Crippen MR) is 219 cm³/mol. The van der Waals surface area contributed by atoms with Crippen LogP contribution in [0.3, 0.4) is 0 Å². The molecule has 2 aliphatic rings. The quantitative estimate of drug-likeness (QED) is 0.0857. The van der Waals surface area contributed by atoms with Crippen LogP contribution in [-0.2, 0) is 31.5 Å². The minimum Gasteiger partial charge on any atom is -0.399 e. The van der Waals surface area contributed by atoms with Gasteiger partial charge in [0.1, 0.15) is 0 Å². The summed E-state index contributed by atoms with van der Waals surface area (Å²) in [7, 11) is -0.624. The molecule has 5 heterocycles. The summed E-state index contributed by atoms with van der Waals surface area (Å²) >= 11 is 5.89. The summed E-state index contributed by atoms with van der Waals surface area (Å²) in [5, 5.41) is 0. The molecule has 2 saturated heterocycles. The molecular weight excluding hydrogens is 662 g/mol. The zero-order valence-corrected chi connectivity index (χ0v) is 35.2. The zero-order valence-electron chi connectivity index (χ0n) is 32.7. The molecule has 0 bridgehead atoms. The highest BCUT2D eigenvalue weighted by molar-refractivity contribution is 7.43. The molecular formula is C40H66B2O4S3. The second-order valence-corrected chi connectivity index (χ2v) is 20.1. The maximum atomic E-state index is 6.70. The first-order valence-corrected chi connectivity index (χ1v) is 22.4. The van der Waals surface area contributed by atoms with Crippen molar-refractivity contribution >= 4 is 76.6 Å². The van der Waals surface area contributed by atoms with Crippen LogP contribution < -0.4 is 9.55 Å². The highest BCUT2D eigenvalue weighted by Gasteiger charge is 2.54. The molecule has 0 saturated carbocycles. The van der Waals surface area contributed by atoms with E-state index in [1.54, 1.807) is 0 Å². The normalized spacial score (nSPS) is 19.7. The molecule has 274 valence electrons. The lowest BCUT2D eigenvalue weighted by molar-refractivity contribution is 0.00578. The fraction of sp³-hybridized carbons (Fsp3) is 0.800. The van der Waals surface area contributed by atoms with Gasteiger partial charge in [-0.25, -0.2) is 0 Å². The highest BCUT2D eigenvalue weighted by atomic mass is 32.1. The lowest BCUT2D eigenvalue weighted by Gasteiger charge is -2.32. The number of hydrogen-bond acceptors (Lipinski definition) is 7. The smallest absolute Gasteiger partial charge is 0.399 e. The minimum atomic E-state index is -0.351. The lowest BCUT2D eigenvalue weighted by Crippen LogP contribution is -2.41. The van der Waals surface area contributed by atoms with Gasteiger partial charge in [0.2, 0.25) is 0 Å². The predicted octanol–water partition coefficient (Wildman–Crippen LogP) is 12.1. The van der Waals surface area contributed by atoms with Crippen LogP contribution in [-0.4, -0.2) is 36.6 Å². The second-order valence-electron chi connectivity index (χ2n) is 16.9. The Hall–Kier alpha value is -0.410. The average molecular weight is 729 g/mol. The van der Waals surface area contributed by atoms with Crippen molar-refractivity contribution in [2.45, 2.75) is 207 Å². The number of hydrogen-bond donors (Lipinski definition) is 0. The van der Waals surface area contributed by atoms with Crippen molar-refractivity contribution in [2.75, 3.05) is 0 Å². The summed E-state index contributed by atoms with van der Waals surface area (Å²) in [6, 6.07) is 0. The van der Waals surface area contributed by atoms with Crippen molar-refractivity contribution < 1.29 is 18.6 Å². The third kappa shape index (κ3) is 8.87. The average Bonchev–Trinajstić information content (AvgIpc) is 3.76. The van der Waals surface area contributed by atoms with Crippen molar-refractivity contribution in [1.82, 2.24) is 0 Å². The van der Waals surface area contributed by atoms with Gasteiger partial charge in [-0.3, -0.25) is 0 Å². The Morgan fingerprint density at radius 3 is 0.980 bits per heavy atom. The molecule has 0 aromatic carbocycles. The van der Waals surface area contributed by atoms with E-state index in [1.165, 1.54) is 142 Å². The first-order chi connectivity index (χ1) is 23.2. The Bertz CT molecular complexity index is 1360. The van der Waals surface area contributed by atoms with Crippen molar-refractivity contribution in [1.29, 1.82) is 0 Å². The third-order valence-electron chi connectivity index (χ3n) is 11.9. The van der Waals surface area contributed by atoms with Crippen LogP contribution in [0.25, 0.3) is 18.8 Å². The fourth-order valence-corrected chi connectivity index (χ4v) is 11.7. The number of aryl methyl sites for hydroxylation is 2. The molecule has 2 aliphatic heterocycles. The SMILES string of the molecule is CCCCCCCCCCc1c(B2OC(C)(C)C(C)(C)O2)sc2c1sc1c(CCCCCCCCCC)c(B3OC(C)(C)C(C)(C)O3)sc12. The summed E-state index contributed by atoms with van der Waals surface area (Å²) in [5.41, 5.74) is 1.56.